The minimum absolute atomic E-state index is 0.0409. The first-order chi connectivity index (χ1) is 11.6. The van der Waals surface area contributed by atoms with E-state index in [1.165, 1.54) is 0 Å². The van der Waals surface area contributed by atoms with E-state index in [2.05, 4.69) is 6.92 Å². The highest BCUT2D eigenvalue weighted by molar-refractivity contribution is 6.03. The molecule has 0 radical (unpaired) electrons. The van der Waals surface area contributed by atoms with Gasteiger partial charge in [0.2, 0.25) is 5.91 Å². The van der Waals surface area contributed by atoms with E-state index < -0.39 is 17.4 Å². The Hall–Kier alpha value is -2.14. The number of carbonyl (C=O) groups is 2. The average molecular weight is 327 g/mol. The fraction of sp³-hybridized carbons (Fsp3) is 0.474. The number of para-hydroxylation sites is 1. The molecule has 4 rings (SSSR count). The first-order valence-corrected chi connectivity index (χ1v) is 8.54. The summed E-state index contributed by atoms with van der Waals surface area (Å²) in [6.07, 6.45) is 4.37. The molecule has 3 heterocycles. The number of rotatable bonds is 4. The summed E-state index contributed by atoms with van der Waals surface area (Å²) in [4.78, 5) is 27.3. The van der Waals surface area contributed by atoms with Crippen LogP contribution >= 0.6 is 0 Å². The van der Waals surface area contributed by atoms with E-state index in [9.17, 15) is 9.59 Å². The van der Waals surface area contributed by atoms with Crippen LogP contribution in [0.4, 0.5) is 5.69 Å². The number of hydrogen-bond donors (Lipinski definition) is 0. The highest BCUT2D eigenvalue weighted by atomic mass is 16.6. The van der Waals surface area contributed by atoms with Crippen LogP contribution in [0.3, 0.4) is 0 Å². The van der Waals surface area contributed by atoms with Gasteiger partial charge in [0.05, 0.1) is 25.2 Å². The van der Waals surface area contributed by atoms with Gasteiger partial charge >= 0.3 is 5.97 Å². The largest absolute Gasteiger partial charge is 0.466 e. The Morgan fingerprint density at radius 3 is 2.92 bits per heavy atom. The van der Waals surface area contributed by atoms with Gasteiger partial charge < -0.3 is 14.4 Å². The Labute approximate surface area is 141 Å². The second-order valence-corrected chi connectivity index (χ2v) is 6.56. The Morgan fingerprint density at radius 2 is 2.17 bits per heavy atom. The molecule has 126 valence electrons. The predicted octanol–water partition coefficient (Wildman–Crippen LogP) is 2.10. The Kier molecular flexibility index (Phi) is 3.49. The highest BCUT2D eigenvalue weighted by Gasteiger charge is 2.67. The van der Waals surface area contributed by atoms with Crippen molar-refractivity contribution in [3.63, 3.8) is 0 Å². The van der Waals surface area contributed by atoms with Gasteiger partial charge in [-0.2, -0.15) is 0 Å². The Bertz CT molecular complexity index is 728. The number of amides is 1. The molecular weight excluding hydrogens is 306 g/mol. The lowest BCUT2D eigenvalue weighted by molar-refractivity contribution is -0.151. The lowest BCUT2D eigenvalue weighted by Gasteiger charge is -2.23. The van der Waals surface area contributed by atoms with Gasteiger partial charge in [0, 0.05) is 5.69 Å². The molecule has 0 unspecified atom stereocenters. The monoisotopic (exact) mass is 327 g/mol. The third-order valence-electron chi connectivity index (χ3n) is 5.32. The quantitative estimate of drug-likeness (QED) is 0.628. The summed E-state index contributed by atoms with van der Waals surface area (Å²) in [5.74, 6) is -1.41. The number of aryl methyl sites for hydroxylation is 1. The highest BCUT2D eigenvalue weighted by Crippen LogP contribution is 2.53. The summed E-state index contributed by atoms with van der Waals surface area (Å²) in [6, 6.07) is 7.91. The number of benzene rings is 1. The van der Waals surface area contributed by atoms with Crippen molar-refractivity contribution < 1.29 is 19.1 Å². The van der Waals surface area contributed by atoms with E-state index in [0.29, 0.717) is 13.2 Å². The van der Waals surface area contributed by atoms with Crippen molar-refractivity contribution >= 4 is 17.6 Å². The SMILES string of the molecule is CCOC(=O)[C@H]1[C@H]2C(=O)N(c3ccccc3CC)C[C@@]23C=C[C@H]1O3. The van der Waals surface area contributed by atoms with Crippen LogP contribution in [0.1, 0.15) is 19.4 Å². The van der Waals surface area contributed by atoms with E-state index >= 15 is 0 Å². The summed E-state index contributed by atoms with van der Waals surface area (Å²) in [5, 5.41) is 0. The topological polar surface area (TPSA) is 55.8 Å². The molecule has 5 nitrogen and oxygen atoms in total. The zero-order chi connectivity index (χ0) is 16.9. The van der Waals surface area contributed by atoms with E-state index in [4.69, 9.17) is 9.47 Å². The maximum Gasteiger partial charge on any atom is 0.312 e. The van der Waals surface area contributed by atoms with Crippen LogP contribution < -0.4 is 4.90 Å². The second kappa shape index (κ2) is 5.45. The molecule has 24 heavy (non-hydrogen) atoms. The summed E-state index contributed by atoms with van der Waals surface area (Å²) in [7, 11) is 0. The van der Waals surface area contributed by atoms with Gasteiger partial charge in [-0.25, -0.2) is 0 Å². The molecule has 1 amide bonds. The number of fused-ring (bicyclic) bond motifs is 1. The smallest absolute Gasteiger partial charge is 0.312 e. The first kappa shape index (κ1) is 15.4. The normalized spacial score (nSPS) is 33.2. The molecule has 1 spiro atoms. The zero-order valence-corrected chi connectivity index (χ0v) is 13.9. The molecule has 4 atom stereocenters. The number of carbonyl (C=O) groups excluding carboxylic acids is 2. The van der Waals surface area contributed by atoms with E-state index in [1.54, 1.807) is 11.8 Å². The van der Waals surface area contributed by atoms with Gasteiger partial charge in [0.15, 0.2) is 0 Å². The first-order valence-electron chi connectivity index (χ1n) is 8.54. The van der Waals surface area contributed by atoms with Gasteiger partial charge in [-0.1, -0.05) is 37.3 Å². The summed E-state index contributed by atoms with van der Waals surface area (Å²) in [6.45, 7) is 4.61. The molecule has 2 fully saturated rings. The van der Waals surface area contributed by atoms with Crippen LogP contribution in [-0.4, -0.2) is 36.7 Å². The van der Waals surface area contributed by atoms with Gasteiger partial charge in [0.25, 0.3) is 0 Å². The van der Waals surface area contributed by atoms with Crippen LogP contribution in [0.25, 0.3) is 0 Å². The molecule has 0 aromatic heterocycles. The number of anilines is 1. The van der Waals surface area contributed by atoms with Gasteiger partial charge in [0.1, 0.15) is 11.5 Å². The summed E-state index contributed by atoms with van der Waals surface area (Å²) < 4.78 is 11.3. The molecule has 2 bridgehead atoms. The van der Waals surface area contributed by atoms with Crippen LogP contribution in [-0.2, 0) is 25.5 Å². The van der Waals surface area contributed by atoms with Crippen molar-refractivity contribution in [2.75, 3.05) is 18.1 Å². The standard InChI is InChI=1S/C19H21NO4/c1-3-12-7-5-6-8-13(12)20-11-19-10-9-14(24-19)15(16(19)17(20)21)18(22)23-4-2/h5-10,14-16H,3-4,11H2,1-2H3/t14-,15-,16+,19+/m1/s1. The van der Waals surface area contributed by atoms with Crippen molar-refractivity contribution in [1.29, 1.82) is 0 Å². The number of nitrogens with zero attached hydrogens (tertiary/aromatic N) is 1. The van der Waals surface area contributed by atoms with E-state index in [1.807, 2.05) is 36.4 Å². The second-order valence-electron chi connectivity index (χ2n) is 6.56. The molecule has 3 aliphatic heterocycles. The minimum atomic E-state index is -0.694. The van der Waals surface area contributed by atoms with Crippen LogP contribution in [0.2, 0.25) is 0 Å². The molecule has 0 saturated carbocycles. The molecule has 3 aliphatic rings. The molecule has 0 aliphatic carbocycles. The zero-order valence-electron chi connectivity index (χ0n) is 13.9. The van der Waals surface area contributed by atoms with E-state index in [-0.39, 0.29) is 18.0 Å². The predicted molar refractivity (Wildman–Crippen MR) is 88.5 cm³/mol. The van der Waals surface area contributed by atoms with Gasteiger partial charge in [-0.05, 0) is 25.0 Å². The molecular formula is C19H21NO4. The van der Waals surface area contributed by atoms with Crippen LogP contribution in [0.15, 0.2) is 36.4 Å². The number of ether oxygens (including phenoxy) is 2. The lowest BCUT2D eigenvalue weighted by Crippen LogP contribution is -2.40. The molecule has 1 aromatic carbocycles. The molecule has 5 heteroatoms. The molecule has 2 saturated heterocycles. The average Bonchev–Trinajstić information content (AvgIpc) is 3.23. The maximum atomic E-state index is 13.2. The minimum Gasteiger partial charge on any atom is -0.466 e. The van der Waals surface area contributed by atoms with Gasteiger partial charge in [-0.3, -0.25) is 9.59 Å². The van der Waals surface area contributed by atoms with Crippen molar-refractivity contribution in [1.82, 2.24) is 0 Å². The summed E-state index contributed by atoms with van der Waals surface area (Å²) >= 11 is 0. The maximum absolute atomic E-state index is 13.2. The third kappa shape index (κ3) is 1.97. The Balaban J connectivity index is 1.71. The third-order valence-corrected chi connectivity index (χ3v) is 5.32. The van der Waals surface area contributed by atoms with Crippen molar-refractivity contribution in [3.05, 3.63) is 42.0 Å². The molecule has 1 aromatic rings. The summed E-state index contributed by atoms with van der Waals surface area (Å²) in [5.41, 5.74) is 1.34. The number of hydrogen-bond acceptors (Lipinski definition) is 4. The van der Waals surface area contributed by atoms with E-state index in [0.717, 1.165) is 17.7 Å². The fourth-order valence-corrected chi connectivity index (χ4v) is 4.28. The number of esters is 1. The van der Waals surface area contributed by atoms with Crippen LogP contribution in [0, 0.1) is 11.8 Å². The van der Waals surface area contributed by atoms with Gasteiger partial charge in [-0.15, -0.1) is 0 Å². The Morgan fingerprint density at radius 1 is 1.38 bits per heavy atom. The van der Waals surface area contributed by atoms with Crippen molar-refractivity contribution in [3.8, 4) is 0 Å². The van der Waals surface area contributed by atoms with Crippen molar-refractivity contribution in [2.24, 2.45) is 11.8 Å². The molecule has 0 N–H and O–H groups in total. The fourth-order valence-electron chi connectivity index (χ4n) is 4.28. The van der Waals surface area contributed by atoms with Crippen molar-refractivity contribution in [2.45, 2.75) is 32.0 Å². The lowest BCUT2D eigenvalue weighted by atomic mass is 9.77. The van der Waals surface area contributed by atoms with Crippen LogP contribution in [0.5, 0.6) is 0 Å².